The molecule has 2 aromatic heterocycles. The number of rotatable bonds is 6. The number of nitriles is 1. The summed E-state index contributed by atoms with van der Waals surface area (Å²) < 4.78 is 50.8. The number of benzene rings is 2. The number of carboxylic acid groups (broad SMARTS) is 1. The van der Waals surface area contributed by atoms with Gasteiger partial charge in [-0.25, -0.2) is 9.78 Å². The molecule has 46 heavy (non-hydrogen) atoms. The lowest BCUT2D eigenvalue weighted by molar-refractivity contribution is -0.146. The van der Waals surface area contributed by atoms with Crippen LogP contribution in [0.2, 0.25) is 5.02 Å². The standard InChI is InChI=1S/C30H28ClF3N8O4/c1-39-12-4-7-19(39)16-46-28-37-24-23(25(38-28)40-13-14-41(29(44)45)18(15-40)10-11-35)36-27(30(32,33)34)42(26(24)43)21-9-3-6-17-5-2-8-20(31)22(17)21/h2-3,5-6,8-9,18-19H,4,7,10,12-16H2,1H3,(H,44,45)/t18?,19-/m0/s1. The summed E-state index contributed by atoms with van der Waals surface area (Å²) in [5.74, 6) is -1.64. The van der Waals surface area contributed by atoms with Crippen molar-refractivity contribution in [3.05, 3.63) is 57.6 Å². The highest BCUT2D eigenvalue weighted by Gasteiger charge is 2.40. The number of hydrogen-bond donors (Lipinski definition) is 1. The van der Waals surface area contributed by atoms with Gasteiger partial charge in [0.05, 0.1) is 29.2 Å². The van der Waals surface area contributed by atoms with E-state index in [0.29, 0.717) is 9.95 Å². The van der Waals surface area contributed by atoms with Crippen LogP contribution in [0, 0.1) is 11.3 Å². The Labute approximate surface area is 265 Å². The van der Waals surface area contributed by atoms with Crippen LogP contribution in [0.25, 0.3) is 27.5 Å². The van der Waals surface area contributed by atoms with Crippen LogP contribution in [0.15, 0.2) is 41.2 Å². The predicted molar refractivity (Wildman–Crippen MR) is 163 cm³/mol. The van der Waals surface area contributed by atoms with Gasteiger partial charge in [0, 0.05) is 31.1 Å². The van der Waals surface area contributed by atoms with E-state index in [-0.39, 0.29) is 66.6 Å². The summed E-state index contributed by atoms with van der Waals surface area (Å²) in [6.07, 6.45) is -4.67. The van der Waals surface area contributed by atoms with E-state index < -0.39 is 40.7 Å². The number of likely N-dealkylation sites (tertiary alicyclic amines) is 1. The van der Waals surface area contributed by atoms with Gasteiger partial charge >= 0.3 is 18.3 Å². The van der Waals surface area contributed by atoms with Crippen LogP contribution in [0.5, 0.6) is 6.01 Å². The van der Waals surface area contributed by atoms with Crippen LogP contribution in [0.1, 0.15) is 25.1 Å². The zero-order valence-electron chi connectivity index (χ0n) is 24.5. The van der Waals surface area contributed by atoms with Crippen molar-refractivity contribution < 1.29 is 27.8 Å². The highest BCUT2D eigenvalue weighted by molar-refractivity contribution is 6.36. The number of aromatic nitrogens is 4. The van der Waals surface area contributed by atoms with Crippen LogP contribution in [0.4, 0.5) is 23.8 Å². The Hall–Kier alpha value is -4.68. The summed E-state index contributed by atoms with van der Waals surface area (Å²) >= 11 is 6.45. The number of halogens is 4. The number of piperazine rings is 1. The Kier molecular flexibility index (Phi) is 8.34. The Bertz CT molecular complexity index is 1930. The molecule has 2 saturated heterocycles. The van der Waals surface area contributed by atoms with E-state index in [9.17, 15) is 33.1 Å². The number of anilines is 1. The summed E-state index contributed by atoms with van der Waals surface area (Å²) in [5.41, 5.74) is -2.10. The number of fused-ring (bicyclic) bond motifs is 2. The fraction of sp³-hybridized carbons (Fsp3) is 0.400. The average Bonchev–Trinajstić information content (AvgIpc) is 3.43. The van der Waals surface area contributed by atoms with Gasteiger partial charge in [0.15, 0.2) is 11.3 Å². The van der Waals surface area contributed by atoms with Gasteiger partial charge in [0.1, 0.15) is 12.1 Å². The highest BCUT2D eigenvalue weighted by atomic mass is 35.5. The molecule has 0 bridgehead atoms. The van der Waals surface area contributed by atoms with E-state index in [0.717, 1.165) is 24.3 Å². The maximum Gasteiger partial charge on any atom is 0.450 e. The fourth-order valence-electron chi connectivity index (χ4n) is 6.13. The number of carbonyl (C=O) groups is 1. The second kappa shape index (κ2) is 12.3. The van der Waals surface area contributed by atoms with E-state index in [1.165, 1.54) is 23.1 Å². The first-order valence-electron chi connectivity index (χ1n) is 14.5. The first kappa shape index (κ1) is 31.3. The first-order chi connectivity index (χ1) is 22.0. The van der Waals surface area contributed by atoms with Gasteiger partial charge in [0.25, 0.3) is 5.56 Å². The van der Waals surface area contributed by atoms with Crippen molar-refractivity contribution in [1.82, 2.24) is 29.3 Å². The van der Waals surface area contributed by atoms with E-state index in [1.807, 2.05) is 13.1 Å². The van der Waals surface area contributed by atoms with Crippen molar-refractivity contribution in [1.29, 1.82) is 5.26 Å². The SMILES string of the molecule is CN1CCC[C@H]1COc1nc(N2CCN(C(=O)O)C(CC#N)C2)c2nc(C(F)(F)F)n(-c3cccc4cccc(Cl)c34)c(=O)c2n1. The largest absolute Gasteiger partial charge is 0.465 e. The number of likely N-dealkylation sites (N-methyl/N-ethyl adjacent to an activating group) is 1. The molecule has 0 spiro atoms. The maximum atomic E-state index is 14.8. The quantitative estimate of drug-likeness (QED) is 0.314. The zero-order valence-corrected chi connectivity index (χ0v) is 25.3. The zero-order chi connectivity index (χ0) is 32.7. The van der Waals surface area contributed by atoms with Crippen LogP contribution in [-0.4, -0.2) is 92.4 Å². The monoisotopic (exact) mass is 656 g/mol. The van der Waals surface area contributed by atoms with Gasteiger partial charge in [-0.05, 0) is 44.0 Å². The molecule has 4 heterocycles. The summed E-state index contributed by atoms with van der Waals surface area (Å²) in [7, 11) is 1.95. The summed E-state index contributed by atoms with van der Waals surface area (Å²) in [4.78, 5) is 43.5. The molecule has 2 atom stereocenters. The lowest BCUT2D eigenvalue weighted by Gasteiger charge is -2.39. The predicted octanol–water partition coefficient (Wildman–Crippen LogP) is 4.56. The topological polar surface area (TPSA) is 141 Å². The Balaban J connectivity index is 1.58. The number of amides is 1. The van der Waals surface area contributed by atoms with Crippen LogP contribution >= 0.6 is 11.6 Å². The van der Waals surface area contributed by atoms with E-state index in [4.69, 9.17) is 16.3 Å². The molecule has 1 N–H and O–H groups in total. The Morgan fingerprint density at radius 2 is 1.87 bits per heavy atom. The second-order valence-corrected chi connectivity index (χ2v) is 11.6. The molecule has 0 radical (unpaired) electrons. The number of ether oxygens (including phenoxy) is 1. The van der Waals surface area contributed by atoms with Gasteiger partial charge in [0.2, 0.25) is 5.82 Å². The number of nitrogens with zero attached hydrogens (tertiary/aromatic N) is 8. The third-order valence-corrected chi connectivity index (χ3v) is 8.75. The second-order valence-electron chi connectivity index (χ2n) is 11.2. The summed E-state index contributed by atoms with van der Waals surface area (Å²) in [5, 5.41) is 19.9. The molecule has 6 rings (SSSR count). The van der Waals surface area contributed by atoms with Gasteiger partial charge in [-0.2, -0.15) is 28.4 Å². The van der Waals surface area contributed by atoms with Crippen molar-refractivity contribution in [3.8, 4) is 17.8 Å². The highest BCUT2D eigenvalue weighted by Crippen LogP contribution is 2.36. The third-order valence-electron chi connectivity index (χ3n) is 8.44. The smallest absolute Gasteiger partial charge is 0.450 e. The van der Waals surface area contributed by atoms with Crippen molar-refractivity contribution in [2.24, 2.45) is 0 Å². The molecule has 0 saturated carbocycles. The van der Waals surface area contributed by atoms with Crippen molar-refractivity contribution >= 4 is 45.3 Å². The maximum absolute atomic E-state index is 14.8. The third kappa shape index (κ3) is 5.74. The molecule has 2 aromatic carbocycles. The van der Waals surface area contributed by atoms with Gasteiger partial charge < -0.3 is 24.5 Å². The fourth-order valence-corrected chi connectivity index (χ4v) is 6.41. The van der Waals surface area contributed by atoms with Crippen molar-refractivity contribution in [2.45, 2.75) is 37.5 Å². The minimum atomic E-state index is -5.10. The normalized spacial score (nSPS) is 19.1. The molecule has 1 amide bonds. The molecule has 2 aliphatic rings. The molecule has 0 aliphatic carbocycles. The number of alkyl halides is 3. The summed E-state index contributed by atoms with van der Waals surface area (Å²) in [6, 6.07) is 10.3. The molecule has 4 aromatic rings. The van der Waals surface area contributed by atoms with Gasteiger partial charge in [-0.1, -0.05) is 35.9 Å². The minimum Gasteiger partial charge on any atom is -0.465 e. The molecule has 12 nitrogen and oxygen atoms in total. The van der Waals surface area contributed by atoms with Crippen molar-refractivity contribution in [3.63, 3.8) is 0 Å². The molecular weight excluding hydrogens is 629 g/mol. The molecule has 2 aliphatic heterocycles. The number of hydrogen-bond acceptors (Lipinski definition) is 9. The molecule has 2 fully saturated rings. The van der Waals surface area contributed by atoms with E-state index in [1.54, 1.807) is 18.2 Å². The van der Waals surface area contributed by atoms with Gasteiger partial charge in [-0.15, -0.1) is 0 Å². The van der Waals surface area contributed by atoms with Crippen LogP contribution in [0.3, 0.4) is 0 Å². The molecule has 16 heteroatoms. The van der Waals surface area contributed by atoms with Crippen molar-refractivity contribution in [2.75, 3.05) is 44.7 Å². The Morgan fingerprint density at radius 3 is 2.54 bits per heavy atom. The van der Waals surface area contributed by atoms with E-state index in [2.05, 4.69) is 19.9 Å². The summed E-state index contributed by atoms with van der Waals surface area (Å²) in [6.45, 7) is 0.910. The van der Waals surface area contributed by atoms with Crippen LogP contribution < -0.4 is 15.2 Å². The first-order valence-corrected chi connectivity index (χ1v) is 14.9. The lowest BCUT2D eigenvalue weighted by atomic mass is 10.1. The van der Waals surface area contributed by atoms with Gasteiger partial charge in [-0.3, -0.25) is 9.36 Å². The van der Waals surface area contributed by atoms with E-state index >= 15 is 0 Å². The molecule has 1 unspecified atom stereocenters. The average molecular weight is 657 g/mol. The lowest BCUT2D eigenvalue weighted by Crippen LogP contribution is -2.55. The molecular formula is C30H28ClF3N8O4. The minimum absolute atomic E-state index is 0.0101. The molecule has 240 valence electrons. The van der Waals surface area contributed by atoms with Crippen LogP contribution in [-0.2, 0) is 6.18 Å². The Morgan fingerprint density at radius 1 is 1.11 bits per heavy atom.